The van der Waals surface area contributed by atoms with E-state index in [2.05, 4.69) is 5.32 Å². The number of hydrogen-bond acceptors (Lipinski definition) is 3. The van der Waals surface area contributed by atoms with Crippen molar-refractivity contribution in [2.24, 2.45) is 0 Å². The molecule has 0 aliphatic carbocycles. The number of nitrogens with zero attached hydrogens (tertiary/aromatic N) is 1. The van der Waals surface area contributed by atoms with Crippen LogP contribution in [0, 0.1) is 6.92 Å². The van der Waals surface area contributed by atoms with E-state index in [9.17, 15) is 14.7 Å². The first-order chi connectivity index (χ1) is 9.49. The Morgan fingerprint density at radius 1 is 1.40 bits per heavy atom. The zero-order valence-corrected chi connectivity index (χ0v) is 11.2. The maximum Gasteiger partial charge on any atom is 0.326 e. The smallest absolute Gasteiger partial charge is 0.326 e. The van der Waals surface area contributed by atoms with Gasteiger partial charge in [0.25, 0.3) is 0 Å². The van der Waals surface area contributed by atoms with Crippen LogP contribution in [0.1, 0.15) is 17.5 Å². The molecule has 1 saturated heterocycles. The number of urea groups is 1. The number of aryl methyl sites for hydroxylation is 1. The summed E-state index contributed by atoms with van der Waals surface area (Å²) in [6.07, 6.45) is -0.701. The fraction of sp³-hybridized carbons (Fsp3) is 0.429. The number of carbonyl (C=O) groups is 2. The Morgan fingerprint density at radius 2 is 2.10 bits per heavy atom. The molecular formula is C14H18N2O4. The molecule has 0 saturated carbocycles. The van der Waals surface area contributed by atoms with Crippen molar-refractivity contribution < 1.29 is 19.8 Å². The Bertz CT molecular complexity index is 518. The highest BCUT2D eigenvalue weighted by atomic mass is 16.4. The number of carboxylic acid groups (broad SMARTS) is 1. The average Bonchev–Trinajstić information content (AvgIpc) is 2.80. The normalized spacial score (nSPS) is 21.8. The largest absolute Gasteiger partial charge is 0.480 e. The molecule has 108 valence electrons. The predicted octanol–water partition coefficient (Wildman–Crippen LogP) is 0.724. The maximum atomic E-state index is 12.0. The molecule has 1 heterocycles. The van der Waals surface area contributed by atoms with Gasteiger partial charge in [-0.25, -0.2) is 9.59 Å². The number of hydrogen-bond donors (Lipinski definition) is 3. The third-order valence-electron chi connectivity index (χ3n) is 3.52. The van der Waals surface area contributed by atoms with Crippen LogP contribution in [0.3, 0.4) is 0 Å². The SMILES string of the molecule is Cc1ccccc1CNC(=O)N1CC(O)CC1C(=O)O. The third kappa shape index (κ3) is 3.08. The molecule has 1 aromatic carbocycles. The molecule has 2 unspecified atom stereocenters. The number of aliphatic hydroxyl groups is 1. The van der Waals surface area contributed by atoms with Crippen molar-refractivity contribution in [3.05, 3.63) is 35.4 Å². The van der Waals surface area contributed by atoms with Crippen LogP contribution < -0.4 is 5.32 Å². The summed E-state index contributed by atoms with van der Waals surface area (Å²) in [6, 6.07) is 6.23. The van der Waals surface area contributed by atoms with Crippen molar-refractivity contribution in [2.75, 3.05) is 6.54 Å². The number of nitrogens with one attached hydrogen (secondary N) is 1. The molecule has 1 aliphatic rings. The van der Waals surface area contributed by atoms with E-state index >= 15 is 0 Å². The van der Waals surface area contributed by atoms with E-state index in [1.165, 1.54) is 4.90 Å². The molecule has 2 amide bonds. The lowest BCUT2D eigenvalue weighted by atomic mass is 10.1. The molecule has 0 bridgehead atoms. The molecule has 0 aromatic heterocycles. The number of benzene rings is 1. The minimum Gasteiger partial charge on any atom is -0.480 e. The third-order valence-corrected chi connectivity index (χ3v) is 3.52. The van der Waals surface area contributed by atoms with Gasteiger partial charge in [-0.05, 0) is 18.1 Å². The number of aliphatic carboxylic acids is 1. The van der Waals surface area contributed by atoms with Crippen molar-refractivity contribution in [2.45, 2.75) is 32.0 Å². The Kier molecular flexibility index (Phi) is 4.24. The average molecular weight is 278 g/mol. The lowest BCUT2D eigenvalue weighted by molar-refractivity contribution is -0.141. The summed E-state index contributed by atoms with van der Waals surface area (Å²) in [7, 11) is 0. The minimum absolute atomic E-state index is 0.0522. The fourth-order valence-electron chi connectivity index (χ4n) is 2.35. The monoisotopic (exact) mass is 278 g/mol. The summed E-state index contributed by atoms with van der Waals surface area (Å²) in [4.78, 5) is 24.3. The van der Waals surface area contributed by atoms with Gasteiger partial charge in [-0.2, -0.15) is 0 Å². The van der Waals surface area contributed by atoms with E-state index < -0.39 is 24.1 Å². The summed E-state index contributed by atoms with van der Waals surface area (Å²) in [5.41, 5.74) is 2.04. The van der Waals surface area contributed by atoms with Gasteiger partial charge in [-0.1, -0.05) is 24.3 Å². The summed E-state index contributed by atoms with van der Waals surface area (Å²) >= 11 is 0. The quantitative estimate of drug-likeness (QED) is 0.760. The molecule has 0 spiro atoms. The molecule has 20 heavy (non-hydrogen) atoms. The number of rotatable bonds is 3. The van der Waals surface area contributed by atoms with E-state index in [4.69, 9.17) is 5.11 Å². The van der Waals surface area contributed by atoms with E-state index in [-0.39, 0.29) is 13.0 Å². The van der Waals surface area contributed by atoms with Crippen molar-refractivity contribution >= 4 is 12.0 Å². The molecule has 2 atom stereocenters. The van der Waals surface area contributed by atoms with Gasteiger partial charge in [0.05, 0.1) is 6.10 Å². The van der Waals surface area contributed by atoms with E-state index in [1.54, 1.807) is 0 Å². The summed E-state index contributed by atoms with van der Waals surface area (Å²) in [6.45, 7) is 2.34. The standard InChI is InChI=1S/C14H18N2O4/c1-9-4-2-3-5-10(9)7-15-14(20)16-8-11(17)6-12(16)13(18)19/h2-5,11-12,17H,6-8H2,1H3,(H,15,20)(H,18,19). The first-order valence-electron chi connectivity index (χ1n) is 6.49. The lowest BCUT2D eigenvalue weighted by Crippen LogP contribution is -2.46. The first-order valence-corrected chi connectivity index (χ1v) is 6.49. The van der Waals surface area contributed by atoms with Crippen LogP contribution in [0.2, 0.25) is 0 Å². The summed E-state index contributed by atoms with van der Waals surface area (Å²) < 4.78 is 0. The zero-order valence-electron chi connectivity index (χ0n) is 11.2. The highest BCUT2D eigenvalue weighted by molar-refractivity contribution is 5.83. The molecule has 6 heteroatoms. The van der Waals surface area contributed by atoms with Gasteiger partial charge in [0.15, 0.2) is 0 Å². The number of likely N-dealkylation sites (tertiary alicyclic amines) is 1. The van der Waals surface area contributed by atoms with Gasteiger partial charge >= 0.3 is 12.0 Å². The molecule has 1 aliphatic heterocycles. The van der Waals surface area contributed by atoms with Gasteiger partial charge in [0.2, 0.25) is 0 Å². The van der Waals surface area contributed by atoms with Crippen molar-refractivity contribution in [3.8, 4) is 0 Å². The molecule has 2 rings (SSSR count). The maximum absolute atomic E-state index is 12.0. The number of carboxylic acids is 1. The van der Waals surface area contributed by atoms with Gasteiger partial charge < -0.3 is 20.4 Å². The van der Waals surface area contributed by atoms with E-state index in [0.29, 0.717) is 6.54 Å². The second-order valence-electron chi connectivity index (χ2n) is 4.98. The Morgan fingerprint density at radius 3 is 2.75 bits per heavy atom. The first kappa shape index (κ1) is 14.3. The number of β-amino-alcohol motifs (C(OH)–C–C–N with tert-alkyl or cyclic N) is 1. The Balaban J connectivity index is 1.98. The second kappa shape index (κ2) is 5.92. The molecule has 1 fully saturated rings. The molecule has 6 nitrogen and oxygen atoms in total. The topological polar surface area (TPSA) is 89.9 Å². The molecule has 1 aromatic rings. The molecule has 3 N–H and O–H groups in total. The molecular weight excluding hydrogens is 260 g/mol. The van der Waals surface area contributed by atoms with Crippen LogP contribution in [0.15, 0.2) is 24.3 Å². The van der Waals surface area contributed by atoms with Crippen LogP contribution in [0.25, 0.3) is 0 Å². The van der Waals surface area contributed by atoms with Gasteiger partial charge in [-0.3, -0.25) is 0 Å². The van der Waals surface area contributed by atoms with E-state index in [0.717, 1.165) is 11.1 Å². The number of amides is 2. The number of aliphatic hydroxyl groups excluding tert-OH is 1. The van der Waals surface area contributed by atoms with Crippen LogP contribution >= 0.6 is 0 Å². The van der Waals surface area contributed by atoms with E-state index in [1.807, 2.05) is 31.2 Å². The number of carbonyl (C=O) groups excluding carboxylic acids is 1. The van der Waals surface area contributed by atoms with Gasteiger partial charge in [0.1, 0.15) is 6.04 Å². The summed E-state index contributed by atoms with van der Waals surface area (Å²) in [5.74, 6) is -1.09. The van der Waals surface area contributed by atoms with Gasteiger partial charge in [-0.15, -0.1) is 0 Å². The van der Waals surface area contributed by atoms with Gasteiger partial charge in [0, 0.05) is 19.5 Å². The lowest BCUT2D eigenvalue weighted by Gasteiger charge is -2.21. The highest BCUT2D eigenvalue weighted by Gasteiger charge is 2.38. The Labute approximate surface area is 117 Å². The predicted molar refractivity (Wildman–Crippen MR) is 72.2 cm³/mol. The van der Waals surface area contributed by atoms with Crippen LogP contribution in [-0.2, 0) is 11.3 Å². The second-order valence-corrected chi connectivity index (χ2v) is 4.98. The van der Waals surface area contributed by atoms with Crippen molar-refractivity contribution in [1.29, 1.82) is 0 Å². The fourth-order valence-corrected chi connectivity index (χ4v) is 2.35. The minimum atomic E-state index is -1.09. The van der Waals surface area contributed by atoms with Crippen molar-refractivity contribution in [1.82, 2.24) is 10.2 Å². The van der Waals surface area contributed by atoms with Crippen LogP contribution in [0.4, 0.5) is 4.79 Å². The van der Waals surface area contributed by atoms with Crippen LogP contribution in [-0.4, -0.2) is 45.8 Å². The van der Waals surface area contributed by atoms with Crippen molar-refractivity contribution in [3.63, 3.8) is 0 Å². The highest BCUT2D eigenvalue weighted by Crippen LogP contribution is 2.18. The molecule has 0 radical (unpaired) electrons. The zero-order chi connectivity index (χ0) is 14.7. The van der Waals surface area contributed by atoms with Crippen LogP contribution in [0.5, 0.6) is 0 Å². The Hall–Kier alpha value is -2.08. The summed E-state index contributed by atoms with van der Waals surface area (Å²) in [5, 5.41) is 21.3.